The van der Waals surface area contributed by atoms with Gasteiger partial charge in [-0.15, -0.1) is 0 Å². The zero-order chi connectivity index (χ0) is 15.9. The highest BCUT2D eigenvalue weighted by Gasteiger charge is 2.21. The van der Waals surface area contributed by atoms with Crippen LogP contribution in [-0.4, -0.2) is 18.7 Å². The lowest BCUT2D eigenvalue weighted by Gasteiger charge is -2.19. The van der Waals surface area contributed by atoms with Gasteiger partial charge in [-0.25, -0.2) is 0 Å². The molecule has 0 spiro atoms. The maximum atomic E-state index is 12.3. The molecule has 0 aliphatic carbocycles. The molecule has 2 aromatic carbocycles. The number of carbonyl (C=O) groups is 1. The number of esters is 1. The Balaban J connectivity index is 1.67. The van der Waals surface area contributed by atoms with Gasteiger partial charge < -0.3 is 9.47 Å². The second-order valence-corrected chi connectivity index (χ2v) is 5.86. The van der Waals surface area contributed by atoms with E-state index in [1.807, 2.05) is 60.7 Å². The molecule has 0 amide bonds. The molecule has 1 fully saturated rings. The fraction of sp³-hybridized carbons (Fsp3) is 0.350. The number of benzene rings is 2. The van der Waals surface area contributed by atoms with Gasteiger partial charge >= 0.3 is 5.97 Å². The average molecular weight is 310 g/mol. The average Bonchev–Trinajstić information content (AvgIpc) is 3.13. The van der Waals surface area contributed by atoms with E-state index >= 15 is 0 Å². The molecule has 1 atom stereocenters. The third kappa shape index (κ3) is 4.42. The summed E-state index contributed by atoms with van der Waals surface area (Å²) in [5.41, 5.74) is 1.98. The summed E-state index contributed by atoms with van der Waals surface area (Å²) in [5.74, 6) is -0.168. The van der Waals surface area contributed by atoms with Gasteiger partial charge in [0.05, 0.1) is 6.10 Å². The van der Waals surface area contributed by atoms with Crippen LogP contribution in [0.1, 0.15) is 42.9 Å². The summed E-state index contributed by atoms with van der Waals surface area (Å²) >= 11 is 0. The fourth-order valence-electron chi connectivity index (χ4n) is 2.93. The first-order valence-electron chi connectivity index (χ1n) is 8.24. The van der Waals surface area contributed by atoms with Gasteiger partial charge in [0.15, 0.2) is 6.10 Å². The van der Waals surface area contributed by atoms with Gasteiger partial charge in [0, 0.05) is 13.0 Å². The van der Waals surface area contributed by atoms with Gasteiger partial charge in [-0.2, -0.15) is 0 Å². The van der Waals surface area contributed by atoms with Crippen molar-refractivity contribution in [2.75, 3.05) is 6.61 Å². The highest BCUT2D eigenvalue weighted by molar-refractivity contribution is 5.70. The Hall–Kier alpha value is -2.13. The number of ether oxygens (including phenoxy) is 2. The number of hydrogen-bond acceptors (Lipinski definition) is 3. The maximum absolute atomic E-state index is 12.3. The molecule has 3 rings (SSSR count). The van der Waals surface area contributed by atoms with Crippen molar-refractivity contribution in [2.45, 2.75) is 37.9 Å². The molecule has 23 heavy (non-hydrogen) atoms. The molecule has 0 saturated carbocycles. The van der Waals surface area contributed by atoms with Crippen molar-refractivity contribution in [2.24, 2.45) is 0 Å². The van der Waals surface area contributed by atoms with E-state index in [0.717, 1.165) is 37.0 Å². The lowest BCUT2D eigenvalue weighted by molar-refractivity contribution is -0.148. The van der Waals surface area contributed by atoms with E-state index in [1.165, 1.54) is 0 Å². The molecule has 0 bridgehead atoms. The largest absolute Gasteiger partial charge is 0.453 e. The van der Waals surface area contributed by atoms with Gasteiger partial charge in [-0.05, 0) is 30.4 Å². The molecule has 120 valence electrons. The summed E-state index contributed by atoms with van der Waals surface area (Å²) in [6.45, 7) is 0.816. The van der Waals surface area contributed by atoms with Gasteiger partial charge in [0.2, 0.25) is 0 Å². The maximum Gasteiger partial charge on any atom is 0.306 e. The molecule has 1 heterocycles. The van der Waals surface area contributed by atoms with E-state index < -0.39 is 0 Å². The van der Waals surface area contributed by atoms with Crippen molar-refractivity contribution in [3.05, 3.63) is 71.8 Å². The predicted octanol–water partition coefficient (Wildman–Crippen LogP) is 4.28. The molecule has 3 nitrogen and oxygen atoms in total. The van der Waals surface area contributed by atoms with Crippen LogP contribution < -0.4 is 0 Å². The van der Waals surface area contributed by atoms with Gasteiger partial charge in [0.25, 0.3) is 0 Å². The molecule has 1 saturated heterocycles. The smallest absolute Gasteiger partial charge is 0.306 e. The molecule has 0 aromatic heterocycles. The van der Waals surface area contributed by atoms with Crippen molar-refractivity contribution < 1.29 is 14.3 Å². The first-order valence-corrected chi connectivity index (χ1v) is 8.24. The summed E-state index contributed by atoms with van der Waals surface area (Å²) in [6, 6.07) is 19.7. The molecule has 2 aromatic rings. The fourth-order valence-corrected chi connectivity index (χ4v) is 2.93. The minimum atomic E-state index is -0.352. The Morgan fingerprint density at radius 3 is 2.17 bits per heavy atom. The van der Waals surface area contributed by atoms with E-state index in [-0.39, 0.29) is 18.2 Å². The molecule has 0 radical (unpaired) electrons. The minimum absolute atomic E-state index is 0.168. The Morgan fingerprint density at radius 1 is 1.04 bits per heavy atom. The quantitative estimate of drug-likeness (QED) is 0.747. The molecule has 0 N–H and O–H groups in total. The van der Waals surface area contributed by atoms with E-state index in [9.17, 15) is 4.79 Å². The van der Waals surface area contributed by atoms with Crippen LogP contribution in [0.4, 0.5) is 0 Å². The SMILES string of the molecule is O=C(CCC1CCCO1)OC(c1ccccc1)c1ccccc1. The Labute approximate surface area is 137 Å². The standard InChI is InChI=1S/C20H22O3/c21-19(14-13-18-12-7-15-22-18)23-20(16-8-3-1-4-9-16)17-10-5-2-6-11-17/h1-6,8-11,18,20H,7,12-15H2. The molecule has 3 heteroatoms. The third-order valence-corrected chi connectivity index (χ3v) is 4.15. The summed E-state index contributed by atoms with van der Waals surface area (Å²) < 4.78 is 11.4. The Morgan fingerprint density at radius 2 is 1.65 bits per heavy atom. The first kappa shape index (κ1) is 15.8. The normalized spacial score (nSPS) is 17.3. The van der Waals surface area contributed by atoms with Crippen LogP contribution in [0.15, 0.2) is 60.7 Å². The number of carbonyl (C=O) groups excluding carboxylic acids is 1. The minimum Gasteiger partial charge on any atom is -0.453 e. The third-order valence-electron chi connectivity index (χ3n) is 4.15. The van der Waals surface area contributed by atoms with Crippen molar-refractivity contribution in [1.29, 1.82) is 0 Å². The van der Waals surface area contributed by atoms with Crippen LogP contribution in [0, 0.1) is 0 Å². The van der Waals surface area contributed by atoms with Crippen molar-refractivity contribution in [3.8, 4) is 0 Å². The molecule has 1 aliphatic rings. The zero-order valence-electron chi connectivity index (χ0n) is 13.2. The van der Waals surface area contributed by atoms with Gasteiger partial charge in [-0.3, -0.25) is 4.79 Å². The highest BCUT2D eigenvalue weighted by Crippen LogP contribution is 2.27. The molecule has 1 unspecified atom stereocenters. The van der Waals surface area contributed by atoms with Crippen LogP contribution in [0.3, 0.4) is 0 Å². The molecular weight excluding hydrogens is 288 g/mol. The topological polar surface area (TPSA) is 35.5 Å². The zero-order valence-corrected chi connectivity index (χ0v) is 13.2. The number of hydrogen-bond donors (Lipinski definition) is 0. The van der Waals surface area contributed by atoms with E-state index in [0.29, 0.717) is 6.42 Å². The first-order chi connectivity index (χ1) is 11.3. The van der Waals surface area contributed by atoms with Crippen LogP contribution in [0.5, 0.6) is 0 Å². The summed E-state index contributed by atoms with van der Waals surface area (Å²) in [6.07, 6.45) is 3.16. The van der Waals surface area contributed by atoms with Crippen LogP contribution in [-0.2, 0) is 14.3 Å². The summed E-state index contributed by atoms with van der Waals surface area (Å²) in [4.78, 5) is 12.3. The Kier molecular flexibility index (Phi) is 5.43. The summed E-state index contributed by atoms with van der Waals surface area (Å²) in [7, 11) is 0. The van der Waals surface area contributed by atoms with Crippen LogP contribution >= 0.6 is 0 Å². The van der Waals surface area contributed by atoms with Gasteiger partial charge in [-0.1, -0.05) is 60.7 Å². The van der Waals surface area contributed by atoms with Gasteiger partial charge in [0.1, 0.15) is 0 Å². The molecule has 1 aliphatic heterocycles. The number of rotatable bonds is 6. The lowest BCUT2D eigenvalue weighted by atomic mass is 10.0. The molecular formula is C20H22O3. The highest BCUT2D eigenvalue weighted by atomic mass is 16.5. The predicted molar refractivity (Wildman–Crippen MR) is 89.0 cm³/mol. The van der Waals surface area contributed by atoms with Crippen molar-refractivity contribution in [1.82, 2.24) is 0 Å². The van der Waals surface area contributed by atoms with E-state index in [4.69, 9.17) is 9.47 Å². The summed E-state index contributed by atoms with van der Waals surface area (Å²) in [5, 5.41) is 0. The van der Waals surface area contributed by atoms with Crippen LogP contribution in [0.25, 0.3) is 0 Å². The van der Waals surface area contributed by atoms with E-state index in [1.54, 1.807) is 0 Å². The Bertz CT molecular complexity index is 564. The second-order valence-electron chi connectivity index (χ2n) is 5.86. The van der Waals surface area contributed by atoms with Crippen molar-refractivity contribution in [3.63, 3.8) is 0 Å². The van der Waals surface area contributed by atoms with E-state index in [2.05, 4.69) is 0 Å². The van der Waals surface area contributed by atoms with Crippen molar-refractivity contribution >= 4 is 5.97 Å². The lowest BCUT2D eigenvalue weighted by Crippen LogP contribution is -2.15. The second kappa shape index (κ2) is 7.93. The monoisotopic (exact) mass is 310 g/mol. The van der Waals surface area contributed by atoms with Crippen LogP contribution in [0.2, 0.25) is 0 Å².